The van der Waals surface area contributed by atoms with Crippen molar-refractivity contribution in [1.82, 2.24) is 0 Å². The molecule has 3 rings (SSSR count). The molecule has 0 radical (unpaired) electrons. The molecule has 24 heavy (non-hydrogen) atoms. The third-order valence-corrected chi connectivity index (χ3v) is 6.60. The Morgan fingerprint density at radius 2 is 1.54 bits per heavy atom. The molecule has 0 N–H and O–H groups in total. The molecule has 3 nitrogen and oxygen atoms in total. The van der Waals surface area contributed by atoms with Crippen LogP contribution in [0.1, 0.15) is 46.5 Å². The Bertz CT molecular complexity index is 805. The number of fused-ring (bicyclic) bond motifs is 1. The van der Waals surface area contributed by atoms with Crippen LogP contribution >= 0.6 is 0 Å². The zero-order valence-electron chi connectivity index (χ0n) is 14.7. The van der Waals surface area contributed by atoms with Crippen LogP contribution in [0, 0.1) is 11.3 Å². The Kier molecular flexibility index (Phi) is 4.71. The molecule has 1 fully saturated rings. The molecule has 0 bridgehead atoms. The first-order chi connectivity index (χ1) is 11.3. The van der Waals surface area contributed by atoms with Gasteiger partial charge in [0.1, 0.15) is 4.90 Å². The third-order valence-electron chi connectivity index (χ3n) is 5.18. The van der Waals surface area contributed by atoms with Gasteiger partial charge in [-0.3, -0.25) is 4.18 Å². The molecule has 1 saturated carbocycles. The summed E-state index contributed by atoms with van der Waals surface area (Å²) in [6.45, 7) is 6.77. The van der Waals surface area contributed by atoms with Gasteiger partial charge < -0.3 is 0 Å². The molecule has 0 heterocycles. The topological polar surface area (TPSA) is 43.4 Å². The summed E-state index contributed by atoms with van der Waals surface area (Å²) in [6, 6.07) is 12.9. The van der Waals surface area contributed by atoms with Gasteiger partial charge in [0.05, 0.1) is 6.10 Å². The molecule has 130 valence electrons. The fraction of sp³-hybridized carbons (Fsp3) is 0.500. The summed E-state index contributed by atoms with van der Waals surface area (Å²) in [4.78, 5) is 0.276. The van der Waals surface area contributed by atoms with Crippen LogP contribution < -0.4 is 0 Å². The van der Waals surface area contributed by atoms with Crippen LogP contribution in [0.4, 0.5) is 0 Å². The van der Waals surface area contributed by atoms with Crippen LogP contribution in [0.3, 0.4) is 0 Å². The van der Waals surface area contributed by atoms with Crippen LogP contribution in [0.15, 0.2) is 47.4 Å². The van der Waals surface area contributed by atoms with Crippen molar-refractivity contribution in [2.24, 2.45) is 11.3 Å². The van der Waals surface area contributed by atoms with E-state index in [-0.39, 0.29) is 16.4 Å². The van der Waals surface area contributed by atoms with Crippen LogP contribution in [-0.2, 0) is 14.3 Å². The number of rotatable bonds is 3. The van der Waals surface area contributed by atoms with E-state index in [4.69, 9.17) is 4.18 Å². The Balaban J connectivity index is 1.78. The summed E-state index contributed by atoms with van der Waals surface area (Å²) in [7, 11) is -3.74. The number of hydrogen-bond acceptors (Lipinski definition) is 3. The van der Waals surface area contributed by atoms with Gasteiger partial charge >= 0.3 is 0 Å². The van der Waals surface area contributed by atoms with Crippen LogP contribution in [0.2, 0.25) is 0 Å². The minimum absolute atomic E-state index is 0.201. The first kappa shape index (κ1) is 17.4. The second-order valence-electron chi connectivity index (χ2n) is 7.87. The Labute approximate surface area is 145 Å². The second-order valence-corrected chi connectivity index (χ2v) is 9.41. The first-order valence-corrected chi connectivity index (χ1v) is 10.1. The van der Waals surface area contributed by atoms with E-state index in [1.54, 1.807) is 12.1 Å². The average Bonchev–Trinajstić information content (AvgIpc) is 2.53. The monoisotopic (exact) mass is 346 g/mol. The van der Waals surface area contributed by atoms with Crippen molar-refractivity contribution in [2.75, 3.05) is 0 Å². The smallest absolute Gasteiger partial charge is 0.263 e. The first-order valence-electron chi connectivity index (χ1n) is 8.68. The summed E-state index contributed by atoms with van der Waals surface area (Å²) in [6.07, 6.45) is 3.48. The minimum Gasteiger partial charge on any atom is -0.263 e. The van der Waals surface area contributed by atoms with Crippen molar-refractivity contribution in [3.63, 3.8) is 0 Å². The van der Waals surface area contributed by atoms with Gasteiger partial charge in [0.25, 0.3) is 10.1 Å². The highest BCUT2D eigenvalue weighted by molar-refractivity contribution is 7.87. The standard InChI is InChI=1S/C20H26O3S/c1-20(2,3)16-11-13-17(14-12-16)23-24(21,22)19-10-6-8-15-7-4-5-9-18(15)19/h4-10,16-17H,11-14H2,1-3H3. The number of hydrogen-bond donors (Lipinski definition) is 0. The summed E-state index contributed by atoms with van der Waals surface area (Å²) in [5.74, 6) is 0.637. The van der Waals surface area contributed by atoms with E-state index in [0.717, 1.165) is 36.5 Å². The van der Waals surface area contributed by atoms with E-state index >= 15 is 0 Å². The second kappa shape index (κ2) is 6.49. The molecular formula is C20H26O3S. The predicted octanol–water partition coefficient (Wildman–Crippen LogP) is 5.15. The maximum Gasteiger partial charge on any atom is 0.297 e. The SMILES string of the molecule is CC(C)(C)C1CCC(OS(=O)(=O)c2cccc3ccccc23)CC1. The van der Waals surface area contributed by atoms with Gasteiger partial charge in [-0.05, 0) is 48.5 Å². The van der Waals surface area contributed by atoms with Gasteiger partial charge in [-0.25, -0.2) is 0 Å². The molecule has 0 amide bonds. The van der Waals surface area contributed by atoms with E-state index in [1.165, 1.54) is 0 Å². The molecule has 0 saturated heterocycles. The van der Waals surface area contributed by atoms with Crippen LogP contribution in [-0.4, -0.2) is 14.5 Å². The van der Waals surface area contributed by atoms with Gasteiger partial charge in [0, 0.05) is 5.39 Å². The van der Waals surface area contributed by atoms with Crippen molar-refractivity contribution < 1.29 is 12.6 Å². The minimum atomic E-state index is -3.74. The molecule has 0 atom stereocenters. The van der Waals surface area contributed by atoms with Gasteiger partial charge in [0.2, 0.25) is 0 Å². The van der Waals surface area contributed by atoms with Gasteiger partial charge in [0.15, 0.2) is 0 Å². The lowest BCUT2D eigenvalue weighted by molar-refractivity contribution is 0.0925. The lowest BCUT2D eigenvalue weighted by Gasteiger charge is -2.36. The van der Waals surface area contributed by atoms with Crippen molar-refractivity contribution in [3.8, 4) is 0 Å². The zero-order chi connectivity index (χ0) is 17.4. The number of benzene rings is 2. The molecule has 1 aliphatic carbocycles. The predicted molar refractivity (Wildman–Crippen MR) is 97.4 cm³/mol. The van der Waals surface area contributed by atoms with Gasteiger partial charge in [-0.1, -0.05) is 57.2 Å². The van der Waals surface area contributed by atoms with Crippen LogP contribution in [0.25, 0.3) is 10.8 Å². The van der Waals surface area contributed by atoms with Gasteiger partial charge in [-0.2, -0.15) is 8.42 Å². The Morgan fingerprint density at radius 1 is 0.917 bits per heavy atom. The lowest BCUT2D eigenvalue weighted by atomic mass is 9.72. The maximum atomic E-state index is 12.8. The van der Waals surface area contributed by atoms with E-state index in [2.05, 4.69) is 20.8 Å². The van der Waals surface area contributed by atoms with Crippen LogP contribution in [0.5, 0.6) is 0 Å². The summed E-state index contributed by atoms with van der Waals surface area (Å²) in [5, 5.41) is 1.64. The largest absolute Gasteiger partial charge is 0.297 e. The molecule has 0 unspecified atom stereocenters. The van der Waals surface area contributed by atoms with E-state index in [1.807, 2.05) is 30.3 Å². The maximum absolute atomic E-state index is 12.8. The van der Waals surface area contributed by atoms with Gasteiger partial charge in [-0.15, -0.1) is 0 Å². The van der Waals surface area contributed by atoms with Crippen molar-refractivity contribution >= 4 is 20.9 Å². The molecule has 4 heteroatoms. The summed E-state index contributed by atoms with van der Waals surface area (Å²) in [5.41, 5.74) is 0.277. The highest BCUT2D eigenvalue weighted by Crippen LogP contribution is 2.39. The molecule has 2 aromatic rings. The summed E-state index contributed by atoms with van der Waals surface area (Å²) < 4.78 is 31.1. The fourth-order valence-corrected chi connectivity index (χ4v) is 5.02. The highest BCUT2D eigenvalue weighted by Gasteiger charge is 2.32. The quantitative estimate of drug-likeness (QED) is 0.722. The average molecular weight is 346 g/mol. The lowest BCUT2D eigenvalue weighted by Crippen LogP contribution is -2.30. The molecule has 2 aromatic carbocycles. The van der Waals surface area contributed by atoms with E-state index < -0.39 is 10.1 Å². The highest BCUT2D eigenvalue weighted by atomic mass is 32.2. The van der Waals surface area contributed by atoms with E-state index in [0.29, 0.717) is 5.92 Å². The normalized spacial score (nSPS) is 22.6. The fourth-order valence-electron chi connectivity index (χ4n) is 3.67. The van der Waals surface area contributed by atoms with E-state index in [9.17, 15) is 8.42 Å². The third kappa shape index (κ3) is 3.65. The van der Waals surface area contributed by atoms with Crippen molar-refractivity contribution in [3.05, 3.63) is 42.5 Å². The molecule has 1 aliphatic rings. The molecule has 0 spiro atoms. The Morgan fingerprint density at radius 3 is 2.21 bits per heavy atom. The Hall–Kier alpha value is -1.39. The molecule has 0 aliphatic heterocycles. The van der Waals surface area contributed by atoms with Crippen molar-refractivity contribution in [2.45, 2.75) is 57.5 Å². The summed E-state index contributed by atoms with van der Waals surface area (Å²) >= 11 is 0. The molecule has 0 aromatic heterocycles. The molecular weight excluding hydrogens is 320 g/mol. The van der Waals surface area contributed by atoms with Crippen molar-refractivity contribution in [1.29, 1.82) is 0 Å². The zero-order valence-corrected chi connectivity index (χ0v) is 15.5.